The van der Waals surface area contributed by atoms with E-state index in [4.69, 9.17) is 0 Å². The van der Waals surface area contributed by atoms with E-state index in [0.717, 1.165) is 11.8 Å². The van der Waals surface area contributed by atoms with Gasteiger partial charge in [-0.25, -0.2) is 14.6 Å². The van der Waals surface area contributed by atoms with Crippen molar-refractivity contribution in [1.82, 2.24) is 29.3 Å². The number of hydrogen-bond acceptors (Lipinski definition) is 4. The molecule has 1 atom stereocenters. The fraction of sp³-hybridized carbons (Fsp3) is 0.250. The van der Waals surface area contributed by atoms with Crippen LogP contribution >= 0.6 is 0 Å². The van der Waals surface area contributed by atoms with Crippen molar-refractivity contribution in [3.05, 3.63) is 93.4 Å². The second kappa shape index (κ2) is 8.44. The van der Waals surface area contributed by atoms with Gasteiger partial charge in [0.25, 0.3) is 5.56 Å². The Morgan fingerprint density at radius 1 is 1.15 bits per heavy atom. The van der Waals surface area contributed by atoms with Crippen LogP contribution in [0.25, 0.3) is 17.8 Å². The Hall–Kier alpha value is -3.95. The molecule has 0 radical (unpaired) electrons. The molecule has 0 bridgehead atoms. The zero-order chi connectivity index (χ0) is 23.9. The SMILES string of the molecule is Cc1cn(-c2ccc(/C=C/c3nc4n(n3)CCC[C@@H]4c3ccccc3C(F)(F)F)[nH]c2=O)cn1. The van der Waals surface area contributed by atoms with Gasteiger partial charge in [0.15, 0.2) is 5.82 Å². The van der Waals surface area contributed by atoms with Crippen LogP contribution in [0, 0.1) is 6.92 Å². The first-order valence-electron chi connectivity index (χ1n) is 10.8. The van der Waals surface area contributed by atoms with E-state index in [1.807, 2.05) is 6.92 Å². The van der Waals surface area contributed by atoms with Gasteiger partial charge < -0.3 is 9.55 Å². The second-order valence-electron chi connectivity index (χ2n) is 8.21. The molecule has 3 aromatic heterocycles. The van der Waals surface area contributed by atoms with Gasteiger partial charge in [0.2, 0.25) is 0 Å². The average Bonchev–Trinajstić information content (AvgIpc) is 3.43. The van der Waals surface area contributed by atoms with Crippen LogP contribution in [0.1, 0.15) is 52.9 Å². The zero-order valence-corrected chi connectivity index (χ0v) is 18.3. The molecule has 5 rings (SSSR count). The summed E-state index contributed by atoms with van der Waals surface area (Å²) in [7, 11) is 0. The Labute approximate surface area is 192 Å². The maximum atomic E-state index is 13.6. The Morgan fingerprint density at radius 2 is 1.97 bits per heavy atom. The monoisotopic (exact) mass is 466 g/mol. The molecular weight excluding hydrogens is 445 g/mol. The third-order valence-corrected chi connectivity index (χ3v) is 5.85. The lowest BCUT2D eigenvalue weighted by Crippen LogP contribution is -2.21. The van der Waals surface area contributed by atoms with E-state index < -0.39 is 17.7 Å². The van der Waals surface area contributed by atoms with Gasteiger partial charge in [0, 0.05) is 24.4 Å². The summed E-state index contributed by atoms with van der Waals surface area (Å²) >= 11 is 0. The molecule has 4 heterocycles. The van der Waals surface area contributed by atoms with Crippen molar-refractivity contribution in [1.29, 1.82) is 0 Å². The molecule has 174 valence electrons. The molecule has 0 spiro atoms. The number of fused-ring (bicyclic) bond motifs is 1. The van der Waals surface area contributed by atoms with E-state index in [-0.39, 0.29) is 11.1 Å². The summed E-state index contributed by atoms with van der Waals surface area (Å²) < 4.78 is 44.0. The van der Waals surface area contributed by atoms with Crippen LogP contribution in [0.3, 0.4) is 0 Å². The Bertz CT molecular complexity index is 1430. The highest BCUT2D eigenvalue weighted by Gasteiger charge is 2.37. The van der Waals surface area contributed by atoms with Gasteiger partial charge in [-0.2, -0.15) is 18.3 Å². The number of pyridine rings is 1. The summed E-state index contributed by atoms with van der Waals surface area (Å²) in [5.41, 5.74) is 1.10. The molecule has 4 aromatic rings. The van der Waals surface area contributed by atoms with Gasteiger partial charge in [-0.3, -0.25) is 4.79 Å². The lowest BCUT2D eigenvalue weighted by atomic mass is 9.88. The molecule has 1 aromatic carbocycles. The van der Waals surface area contributed by atoms with Crippen LogP contribution in [0.5, 0.6) is 0 Å². The van der Waals surface area contributed by atoms with Gasteiger partial charge in [-0.05, 0) is 55.7 Å². The number of hydrogen-bond donors (Lipinski definition) is 1. The van der Waals surface area contributed by atoms with Crippen molar-refractivity contribution < 1.29 is 13.2 Å². The number of aromatic amines is 1. The zero-order valence-electron chi connectivity index (χ0n) is 18.3. The van der Waals surface area contributed by atoms with Crippen LogP contribution in [-0.2, 0) is 12.7 Å². The minimum atomic E-state index is -4.44. The molecule has 0 saturated carbocycles. The van der Waals surface area contributed by atoms with E-state index >= 15 is 0 Å². The van der Waals surface area contributed by atoms with Gasteiger partial charge in [-0.1, -0.05) is 18.2 Å². The lowest BCUT2D eigenvalue weighted by molar-refractivity contribution is -0.138. The molecule has 0 fully saturated rings. The normalized spacial score (nSPS) is 16.2. The number of aromatic nitrogens is 6. The van der Waals surface area contributed by atoms with Crippen molar-refractivity contribution in [2.24, 2.45) is 0 Å². The fourth-order valence-corrected chi connectivity index (χ4v) is 4.29. The van der Waals surface area contributed by atoms with Crippen molar-refractivity contribution in [2.75, 3.05) is 0 Å². The third kappa shape index (κ3) is 4.18. The average molecular weight is 466 g/mol. The fourth-order valence-electron chi connectivity index (χ4n) is 4.29. The molecule has 0 unspecified atom stereocenters. The quantitative estimate of drug-likeness (QED) is 0.478. The number of alkyl halides is 3. The van der Waals surface area contributed by atoms with Crippen LogP contribution < -0.4 is 5.56 Å². The van der Waals surface area contributed by atoms with Crippen LogP contribution in [-0.4, -0.2) is 29.3 Å². The maximum absolute atomic E-state index is 13.6. The smallest absolute Gasteiger partial charge is 0.321 e. The summed E-state index contributed by atoms with van der Waals surface area (Å²) in [6, 6.07) is 9.08. The molecule has 1 aliphatic rings. The summed E-state index contributed by atoms with van der Waals surface area (Å²) in [4.78, 5) is 23.9. The van der Waals surface area contributed by atoms with Crippen molar-refractivity contribution in [3.8, 4) is 5.69 Å². The minimum absolute atomic E-state index is 0.216. The van der Waals surface area contributed by atoms with Gasteiger partial charge in [0.1, 0.15) is 11.5 Å². The maximum Gasteiger partial charge on any atom is 0.416 e. The largest absolute Gasteiger partial charge is 0.416 e. The summed E-state index contributed by atoms with van der Waals surface area (Å²) in [6.45, 7) is 2.43. The third-order valence-electron chi connectivity index (χ3n) is 5.85. The van der Waals surface area contributed by atoms with E-state index in [0.29, 0.717) is 42.4 Å². The van der Waals surface area contributed by atoms with E-state index in [2.05, 4.69) is 20.1 Å². The highest BCUT2D eigenvalue weighted by Crippen LogP contribution is 2.40. The predicted octanol–water partition coefficient (Wildman–Crippen LogP) is 4.58. The summed E-state index contributed by atoms with van der Waals surface area (Å²) in [5, 5.41) is 4.46. The molecular formula is C24H21F3N6O. The van der Waals surface area contributed by atoms with E-state index in [1.54, 1.807) is 52.1 Å². The first-order chi connectivity index (χ1) is 16.3. The molecule has 0 aliphatic carbocycles. The Morgan fingerprint density at radius 3 is 2.71 bits per heavy atom. The number of rotatable bonds is 4. The molecule has 1 aliphatic heterocycles. The van der Waals surface area contributed by atoms with Gasteiger partial charge >= 0.3 is 6.18 Å². The van der Waals surface area contributed by atoms with E-state index in [1.165, 1.54) is 12.1 Å². The standard InChI is InChI=1S/C24H21F3N6O/c1-15-13-32(14-28-15)20-10-8-16(29-23(20)34)9-11-21-30-22-18(6-4-12-33(22)31-21)17-5-2-3-7-19(17)24(25,26)27/h2-3,5,7-11,13-14,18H,4,6,12H2,1H3,(H,29,34)/b11-9+/t18-/m1/s1. The first-order valence-corrected chi connectivity index (χ1v) is 10.8. The van der Waals surface area contributed by atoms with Crippen molar-refractivity contribution in [2.45, 2.75) is 38.4 Å². The lowest BCUT2D eigenvalue weighted by Gasteiger charge is -2.25. The molecule has 1 N–H and O–H groups in total. The van der Waals surface area contributed by atoms with E-state index in [9.17, 15) is 18.0 Å². The number of benzene rings is 1. The number of halogens is 3. The van der Waals surface area contributed by atoms with Crippen LogP contribution in [0.2, 0.25) is 0 Å². The number of aryl methyl sites for hydroxylation is 2. The molecule has 34 heavy (non-hydrogen) atoms. The van der Waals surface area contributed by atoms with Crippen LogP contribution in [0.15, 0.2) is 53.7 Å². The highest BCUT2D eigenvalue weighted by molar-refractivity contribution is 5.64. The van der Waals surface area contributed by atoms with Crippen molar-refractivity contribution in [3.63, 3.8) is 0 Å². The Balaban J connectivity index is 1.43. The number of imidazole rings is 1. The topological polar surface area (TPSA) is 81.4 Å². The number of H-pyrrole nitrogens is 1. The minimum Gasteiger partial charge on any atom is -0.321 e. The highest BCUT2D eigenvalue weighted by atomic mass is 19.4. The molecule has 0 amide bonds. The molecule has 7 nitrogen and oxygen atoms in total. The van der Waals surface area contributed by atoms with Crippen LogP contribution in [0.4, 0.5) is 13.2 Å². The predicted molar refractivity (Wildman–Crippen MR) is 120 cm³/mol. The van der Waals surface area contributed by atoms with Gasteiger partial charge in [0.05, 0.1) is 17.6 Å². The number of nitrogens with one attached hydrogen (secondary N) is 1. The van der Waals surface area contributed by atoms with Gasteiger partial charge in [-0.15, -0.1) is 0 Å². The summed E-state index contributed by atoms with van der Waals surface area (Å²) in [6.07, 6.45) is 3.48. The second-order valence-corrected chi connectivity index (χ2v) is 8.21. The first kappa shape index (κ1) is 21.9. The number of nitrogens with zero attached hydrogens (tertiary/aromatic N) is 5. The molecule has 10 heteroatoms. The molecule has 0 saturated heterocycles. The van der Waals surface area contributed by atoms with Crippen molar-refractivity contribution >= 4 is 12.2 Å². The Kier molecular flexibility index (Phi) is 5.43. The summed E-state index contributed by atoms with van der Waals surface area (Å²) in [5.74, 6) is 0.405.